The summed E-state index contributed by atoms with van der Waals surface area (Å²) in [5.41, 5.74) is 8.91. The Hall–Kier alpha value is -0.340. The van der Waals surface area contributed by atoms with E-state index in [0.29, 0.717) is 5.41 Å². The van der Waals surface area contributed by atoms with Gasteiger partial charge in [0.05, 0.1) is 0 Å². The van der Waals surface area contributed by atoms with Crippen molar-refractivity contribution in [1.82, 2.24) is 0 Å². The third-order valence-electron chi connectivity index (χ3n) is 3.16. The third kappa shape index (κ3) is 2.01. The predicted octanol–water partition coefficient (Wildman–Crippen LogP) is 3.04. The van der Waals surface area contributed by atoms with Crippen molar-refractivity contribution in [2.24, 2.45) is 11.1 Å². The molecule has 0 heterocycles. The quantitative estimate of drug-likeness (QED) is 0.881. The Labute approximate surface area is 93.8 Å². The molecule has 2 heteroatoms. The minimum Gasteiger partial charge on any atom is -0.330 e. The maximum atomic E-state index is 5.78. The lowest BCUT2D eigenvalue weighted by molar-refractivity contribution is 0.520. The number of nitrogens with two attached hydrogens (primary N) is 1. The van der Waals surface area contributed by atoms with Crippen molar-refractivity contribution in [3.8, 4) is 0 Å². The summed E-state index contributed by atoms with van der Waals surface area (Å²) in [6.07, 6.45) is 3.72. The fourth-order valence-electron chi connectivity index (χ4n) is 1.83. The normalized spacial score (nSPS) is 18.2. The van der Waals surface area contributed by atoms with Gasteiger partial charge in [-0.15, -0.1) is 0 Å². The molecule has 0 unspecified atom stereocenters. The van der Waals surface area contributed by atoms with Gasteiger partial charge in [-0.2, -0.15) is 0 Å². The lowest BCUT2D eigenvalue weighted by atomic mass is 9.96. The van der Waals surface area contributed by atoms with Crippen LogP contribution in [0.3, 0.4) is 0 Å². The summed E-state index contributed by atoms with van der Waals surface area (Å²) in [5, 5.41) is 0. The van der Waals surface area contributed by atoms with Crippen LogP contribution in [0, 0.1) is 12.3 Å². The van der Waals surface area contributed by atoms with Gasteiger partial charge in [-0.05, 0) is 55.3 Å². The molecule has 76 valence electrons. The molecule has 0 radical (unpaired) electrons. The van der Waals surface area contributed by atoms with E-state index in [1.165, 1.54) is 28.4 Å². The van der Waals surface area contributed by atoms with E-state index in [4.69, 9.17) is 5.73 Å². The van der Waals surface area contributed by atoms with Crippen LogP contribution in [0.2, 0.25) is 0 Å². The Morgan fingerprint density at radius 1 is 1.43 bits per heavy atom. The van der Waals surface area contributed by atoms with Gasteiger partial charge in [-0.1, -0.05) is 28.1 Å². The highest BCUT2D eigenvalue weighted by Gasteiger charge is 2.41. The van der Waals surface area contributed by atoms with E-state index >= 15 is 0 Å². The molecule has 0 amide bonds. The van der Waals surface area contributed by atoms with Gasteiger partial charge in [0, 0.05) is 4.47 Å². The lowest BCUT2D eigenvalue weighted by Gasteiger charge is -2.13. The smallest absolute Gasteiger partial charge is 0.0210 e. The zero-order valence-electron chi connectivity index (χ0n) is 8.52. The van der Waals surface area contributed by atoms with Crippen molar-refractivity contribution < 1.29 is 0 Å². The van der Waals surface area contributed by atoms with Crippen LogP contribution in [0.4, 0.5) is 0 Å². The molecule has 1 saturated carbocycles. The molecular weight excluding hydrogens is 238 g/mol. The second-order valence-corrected chi connectivity index (χ2v) is 5.33. The van der Waals surface area contributed by atoms with E-state index in [0.717, 1.165) is 13.0 Å². The van der Waals surface area contributed by atoms with Crippen molar-refractivity contribution in [2.75, 3.05) is 6.54 Å². The average molecular weight is 254 g/mol. The molecule has 0 spiro atoms. The van der Waals surface area contributed by atoms with Gasteiger partial charge in [0.15, 0.2) is 0 Å². The van der Waals surface area contributed by atoms with Crippen molar-refractivity contribution in [2.45, 2.75) is 26.2 Å². The molecule has 1 aromatic carbocycles. The summed E-state index contributed by atoms with van der Waals surface area (Å²) < 4.78 is 1.23. The topological polar surface area (TPSA) is 26.0 Å². The number of benzene rings is 1. The van der Waals surface area contributed by atoms with Gasteiger partial charge in [-0.3, -0.25) is 0 Å². The van der Waals surface area contributed by atoms with Crippen molar-refractivity contribution in [3.05, 3.63) is 33.8 Å². The molecule has 2 rings (SSSR count). The Morgan fingerprint density at radius 2 is 2.14 bits per heavy atom. The Morgan fingerprint density at radius 3 is 2.64 bits per heavy atom. The summed E-state index contributed by atoms with van der Waals surface area (Å²) in [6, 6.07) is 6.57. The van der Waals surface area contributed by atoms with Crippen LogP contribution in [0.15, 0.2) is 22.7 Å². The molecule has 1 aliphatic carbocycles. The van der Waals surface area contributed by atoms with Gasteiger partial charge in [-0.25, -0.2) is 0 Å². The average Bonchev–Trinajstić information content (AvgIpc) is 2.91. The molecule has 0 saturated heterocycles. The van der Waals surface area contributed by atoms with Crippen LogP contribution in [-0.2, 0) is 6.42 Å². The highest BCUT2D eigenvalue weighted by molar-refractivity contribution is 9.10. The first-order valence-electron chi connectivity index (χ1n) is 5.10. The molecule has 0 aliphatic heterocycles. The standard InChI is InChI=1S/C12H16BrN/c1-9-2-3-10(11(13)6-9)7-12(8-14)4-5-12/h2-3,6H,4-5,7-8,14H2,1H3. The van der Waals surface area contributed by atoms with Crippen molar-refractivity contribution in [1.29, 1.82) is 0 Å². The van der Waals surface area contributed by atoms with Gasteiger partial charge < -0.3 is 5.73 Å². The Balaban J connectivity index is 2.17. The highest BCUT2D eigenvalue weighted by atomic mass is 79.9. The first-order valence-corrected chi connectivity index (χ1v) is 5.90. The second-order valence-electron chi connectivity index (χ2n) is 4.48. The molecule has 1 fully saturated rings. The zero-order valence-corrected chi connectivity index (χ0v) is 10.1. The van der Waals surface area contributed by atoms with Crippen molar-refractivity contribution >= 4 is 15.9 Å². The van der Waals surface area contributed by atoms with Crippen LogP contribution in [0.1, 0.15) is 24.0 Å². The number of halogens is 1. The maximum absolute atomic E-state index is 5.78. The van der Waals surface area contributed by atoms with E-state index in [9.17, 15) is 0 Å². The van der Waals surface area contributed by atoms with Gasteiger partial charge in [0.1, 0.15) is 0 Å². The third-order valence-corrected chi connectivity index (χ3v) is 3.90. The summed E-state index contributed by atoms with van der Waals surface area (Å²) in [7, 11) is 0. The molecule has 0 aromatic heterocycles. The SMILES string of the molecule is Cc1ccc(CC2(CN)CC2)c(Br)c1. The fraction of sp³-hybridized carbons (Fsp3) is 0.500. The van der Waals surface area contributed by atoms with Crippen LogP contribution in [0.25, 0.3) is 0 Å². The van der Waals surface area contributed by atoms with E-state index in [2.05, 4.69) is 41.1 Å². The summed E-state index contributed by atoms with van der Waals surface area (Å²) in [6.45, 7) is 2.94. The number of hydrogen-bond donors (Lipinski definition) is 1. The number of rotatable bonds is 3. The molecule has 1 aromatic rings. The van der Waals surface area contributed by atoms with Crippen LogP contribution >= 0.6 is 15.9 Å². The maximum Gasteiger partial charge on any atom is 0.0210 e. The predicted molar refractivity (Wildman–Crippen MR) is 63.3 cm³/mol. The van der Waals surface area contributed by atoms with Crippen molar-refractivity contribution in [3.63, 3.8) is 0 Å². The largest absolute Gasteiger partial charge is 0.330 e. The Kier molecular flexibility index (Phi) is 2.67. The Bertz CT molecular complexity index is 342. The lowest BCUT2D eigenvalue weighted by Crippen LogP contribution is -2.18. The molecule has 1 aliphatic rings. The summed E-state index contributed by atoms with van der Waals surface area (Å²) in [4.78, 5) is 0. The van der Waals surface area contributed by atoms with Gasteiger partial charge in [0.2, 0.25) is 0 Å². The molecule has 0 atom stereocenters. The molecule has 2 N–H and O–H groups in total. The molecule has 1 nitrogen and oxygen atoms in total. The molecular formula is C12H16BrN. The number of hydrogen-bond acceptors (Lipinski definition) is 1. The molecule has 14 heavy (non-hydrogen) atoms. The minimum atomic E-state index is 0.428. The van der Waals surface area contributed by atoms with Gasteiger partial charge >= 0.3 is 0 Å². The van der Waals surface area contributed by atoms with E-state index in [-0.39, 0.29) is 0 Å². The number of aryl methyl sites for hydroxylation is 1. The van der Waals surface area contributed by atoms with E-state index in [1.807, 2.05) is 0 Å². The summed E-state index contributed by atoms with van der Waals surface area (Å²) in [5.74, 6) is 0. The van der Waals surface area contributed by atoms with E-state index in [1.54, 1.807) is 0 Å². The van der Waals surface area contributed by atoms with Crippen LogP contribution in [0.5, 0.6) is 0 Å². The zero-order chi connectivity index (χ0) is 10.2. The van der Waals surface area contributed by atoms with Crippen LogP contribution in [-0.4, -0.2) is 6.54 Å². The second kappa shape index (κ2) is 3.67. The highest BCUT2D eigenvalue weighted by Crippen LogP contribution is 2.48. The first kappa shape index (κ1) is 10.2. The minimum absolute atomic E-state index is 0.428. The fourth-order valence-corrected chi connectivity index (χ4v) is 2.46. The molecule has 0 bridgehead atoms. The summed E-state index contributed by atoms with van der Waals surface area (Å²) >= 11 is 3.62. The first-order chi connectivity index (χ1) is 6.65. The monoisotopic (exact) mass is 253 g/mol. The van der Waals surface area contributed by atoms with Crippen LogP contribution < -0.4 is 5.73 Å². The van der Waals surface area contributed by atoms with E-state index < -0.39 is 0 Å². The van der Waals surface area contributed by atoms with Gasteiger partial charge in [0.25, 0.3) is 0 Å².